The van der Waals surface area contributed by atoms with Gasteiger partial charge >= 0.3 is 6.18 Å². The first-order valence-corrected chi connectivity index (χ1v) is 8.60. The van der Waals surface area contributed by atoms with E-state index in [1.165, 1.54) is 6.92 Å². The summed E-state index contributed by atoms with van der Waals surface area (Å²) < 4.78 is 38.8. The highest BCUT2D eigenvalue weighted by atomic mass is 19.4. The fourth-order valence-electron chi connectivity index (χ4n) is 3.35. The van der Waals surface area contributed by atoms with Crippen LogP contribution in [0.3, 0.4) is 0 Å². The monoisotopic (exact) mass is 322 g/mol. The number of hydrogen-bond donors (Lipinski definition) is 0. The van der Waals surface area contributed by atoms with E-state index in [4.69, 9.17) is 0 Å². The number of alkyl halides is 3. The van der Waals surface area contributed by atoms with Crippen LogP contribution in [0.4, 0.5) is 13.2 Å². The van der Waals surface area contributed by atoms with Gasteiger partial charge in [0.05, 0.1) is 5.92 Å². The minimum atomic E-state index is -4.07. The smallest absolute Gasteiger partial charge is 0.171 e. The maximum absolute atomic E-state index is 12.9. The molecule has 0 saturated heterocycles. The zero-order valence-electron chi connectivity index (χ0n) is 16.1. The molecule has 0 spiro atoms. The quantitative estimate of drug-likeness (QED) is 0.480. The molecule has 0 aromatic carbocycles. The third kappa shape index (κ3) is 8.43. The fraction of sp³-hybridized carbons (Fsp3) is 1.00. The molecule has 0 amide bonds. The van der Waals surface area contributed by atoms with Crippen LogP contribution in [0.2, 0.25) is 0 Å². The summed E-state index contributed by atoms with van der Waals surface area (Å²) in [4.78, 5) is 0. The third-order valence-electron chi connectivity index (χ3n) is 5.07. The van der Waals surface area contributed by atoms with Crippen LogP contribution in [0.5, 0.6) is 0 Å². The first-order chi connectivity index (χ1) is 9.54. The van der Waals surface area contributed by atoms with Crippen molar-refractivity contribution >= 4 is 0 Å². The summed E-state index contributed by atoms with van der Waals surface area (Å²) in [6.07, 6.45) is -2.08. The molecule has 0 aliphatic carbocycles. The molecule has 22 heavy (non-hydrogen) atoms. The zero-order valence-corrected chi connectivity index (χ0v) is 16.1. The first kappa shape index (κ1) is 21.8. The van der Waals surface area contributed by atoms with Gasteiger partial charge in [-0.3, -0.25) is 0 Å². The summed E-state index contributed by atoms with van der Waals surface area (Å²) in [6.45, 7) is 18.8. The molecular weight excluding hydrogens is 285 g/mol. The summed E-state index contributed by atoms with van der Waals surface area (Å²) in [6, 6.07) is 0. The van der Waals surface area contributed by atoms with Crippen molar-refractivity contribution in [2.45, 2.75) is 87.8 Å². The van der Waals surface area contributed by atoms with Crippen LogP contribution < -0.4 is 0 Å². The standard InChI is InChI=1S/C19H37F3/c1-13(15(3)18(7,8)9)10-16(12-17(4,5)6)11-14(2)19(20,21)22/h13-16H,10-12H2,1-9H3. The van der Waals surface area contributed by atoms with Crippen molar-refractivity contribution in [3.63, 3.8) is 0 Å². The van der Waals surface area contributed by atoms with Crippen LogP contribution in [0, 0.1) is 34.5 Å². The summed E-state index contributed by atoms with van der Waals surface area (Å²) in [5, 5.41) is 0. The Hall–Kier alpha value is -0.210. The molecule has 0 bridgehead atoms. The molecule has 0 nitrogen and oxygen atoms in total. The molecule has 134 valence electrons. The lowest BCUT2D eigenvalue weighted by molar-refractivity contribution is -0.175. The van der Waals surface area contributed by atoms with Gasteiger partial charge in [-0.2, -0.15) is 13.2 Å². The van der Waals surface area contributed by atoms with E-state index >= 15 is 0 Å². The van der Waals surface area contributed by atoms with E-state index < -0.39 is 12.1 Å². The van der Waals surface area contributed by atoms with Crippen LogP contribution >= 0.6 is 0 Å². The molecule has 0 aliphatic rings. The van der Waals surface area contributed by atoms with Crippen molar-refractivity contribution < 1.29 is 13.2 Å². The number of rotatable bonds is 6. The molecule has 0 radical (unpaired) electrons. The molecule has 0 fully saturated rings. The lowest BCUT2D eigenvalue weighted by Gasteiger charge is -2.36. The van der Waals surface area contributed by atoms with Crippen molar-refractivity contribution in [1.82, 2.24) is 0 Å². The second-order valence-corrected chi connectivity index (χ2v) is 9.68. The van der Waals surface area contributed by atoms with Gasteiger partial charge in [0.15, 0.2) is 0 Å². The largest absolute Gasteiger partial charge is 0.391 e. The SMILES string of the molecule is CC(CC(CC(C)C(F)(F)F)CC(C)(C)C)C(C)C(C)(C)C. The fourth-order valence-corrected chi connectivity index (χ4v) is 3.35. The summed E-state index contributed by atoms with van der Waals surface area (Å²) in [5.41, 5.74) is 0.266. The maximum atomic E-state index is 12.9. The van der Waals surface area contributed by atoms with E-state index in [2.05, 4.69) is 55.4 Å². The lowest BCUT2D eigenvalue weighted by Crippen LogP contribution is -2.29. The van der Waals surface area contributed by atoms with Gasteiger partial charge in [0.25, 0.3) is 0 Å². The Bertz CT molecular complexity index is 317. The van der Waals surface area contributed by atoms with Crippen LogP contribution in [-0.4, -0.2) is 6.18 Å². The van der Waals surface area contributed by atoms with E-state index in [-0.39, 0.29) is 23.2 Å². The van der Waals surface area contributed by atoms with Crippen molar-refractivity contribution in [3.05, 3.63) is 0 Å². The Morgan fingerprint density at radius 2 is 1.23 bits per heavy atom. The van der Waals surface area contributed by atoms with Crippen LogP contribution in [0.25, 0.3) is 0 Å². The van der Waals surface area contributed by atoms with E-state index in [9.17, 15) is 13.2 Å². The van der Waals surface area contributed by atoms with Gasteiger partial charge in [0.1, 0.15) is 0 Å². The highest BCUT2D eigenvalue weighted by Crippen LogP contribution is 2.41. The van der Waals surface area contributed by atoms with Crippen molar-refractivity contribution in [1.29, 1.82) is 0 Å². The molecule has 4 atom stereocenters. The third-order valence-corrected chi connectivity index (χ3v) is 5.07. The second-order valence-electron chi connectivity index (χ2n) is 9.68. The van der Waals surface area contributed by atoms with Crippen molar-refractivity contribution in [2.24, 2.45) is 34.5 Å². The molecule has 0 aromatic heterocycles. The number of hydrogen-bond acceptors (Lipinski definition) is 0. The maximum Gasteiger partial charge on any atom is 0.391 e. The van der Waals surface area contributed by atoms with E-state index in [0.29, 0.717) is 11.8 Å². The highest BCUT2D eigenvalue weighted by molar-refractivity contribution is 4.80. The van der Waals surface area contributed by atoms with Gasteiger partial charge in [-0.05, 0) is 47.8 Å². The number of halogens is 3. The Morgan fingerprint density at radius 3 is 1.55 bits per heavy atom. The Kier molecular flexibility index (Phi) is 7.50. The molecule has 4 unspecified atom stereocenters. The molecule has 0 saturated carbocycles. The summed E-state index contributed by atoms with van der Waals surface area (Å²) in [5.74, 6) is -0.141. The van der Waals surface area contributed by atoms with Crippen LogP contribution in [0.1, 0.15) is 81.6 Å². The van der Waals surface area contributed by atoms with Crippen LogP contribution in [0.15, 0.2) is 0 Å². The summed E-state index contributed by atoms with van der Waals surface area (Å²) in [7, 11) is 0. The average Bonchev–Trinajstić information content (AvgIpc) is 2.22. The molecule has 0 rings (SSSR count). The van der Waals surface area contributed by atoms with Crippen LogP contribution in [-0.2, 0) is 0 Å². The predicted molar refractivity (Wildman–Crippen MR) is 89.8 cm³/mol. The minimum Gasteiger partial charge on any atom is -0.171 e. The second kappa shape index (κ2) is 7.57. The minimum absolute atomic E-state index is 0.0701. The van der Waals surface area contributed by atoms with E-state index in [1.54, 1.807) is 0 Å². The first-order valence-electron chi connectivity index (χ1n) is 8.60. The lowest BCUT2D eigenvalue weighted by atomic mass is 9.69. The van der Waals surface area contributed by atoms with Gasteiger partial charge in [-0.15, -0.1) is 0 Å². The molecule has 0 N–H and O–H groups in total. The Balaban J connectivity index is 4.95. The topological polar surface area (TPSA) is 0 Å². The summed E-state index contributed by atoms with van der Waals surface area (Å²) >= 11 is 0. The molecule has 0 aromatic rings. The van der Waals surface area contributed by atoms with Gasteiger partial charge in [-0.25, -0.2) is 0 Å². The molecule has 3 heteroatoms. The zero-order chi connectivity index (χ0) is 17.9. The molecule has 0 aliphatic heterocycles. The van der Waals surface area contributed by atoms with Crippen molar-refractivity contribution in [3.8, 4) is 0 Å². The Labute approximate surface area is 136 Å². The Morgan fingerprint density at radius 1 is 0.773 bits per heavy atom. The molecular formula is C19H37F3. The predicted octanol–water partition coefficient (Wildman–Crippen LogP) is 7.34. The van der Waals surface area contributed by atoms with Crippen molar-refractivity contribution in [2.75, 3.05) is 0 Å². The van der Waals surface area contributed by atoms with Gasteiger partial charge in [0.2, 0.25) is 0 Å². The van der Waals surface area contributed by atoms with Gasteiger partial charge in [-0.1, -0.05) is 62.3 Å². The van der Waals surface area contributed by atoms with E-state index in [1.807, 2.05) is 0 Å². The normalized spacial score (nSPS) is 19.6. The average molecular weight is 322 g/mol. The van der Waals surface area contributed by atoms with E-state index in [0.717, 1.165) is 12.8 Å². The van der Waals surface area contributed by atoms with Gasteiger partial charge < -0.3 is 0 Å². The van der Waals surface area contributed by atoms with Gasteiger partial charge in [0, 0.05) is 0 Å². The highest BCUT2D eigenvalue weighted by Gasteiger charge is 2.38. The molecule has 0 heterocycles.